The number of nitrogens with zero attached hydrogens (tertiary/aromatic N) is 2. The summed E-state index contributed by atoms with van der Waals surface area (Å²) in [5, 5.41) is 0. The first kappa shape index (κ1) is 23.5. The Morgan fingerprint density at radius 2 is 1.57 bits per heavy atom. The van der Waals surface area contributed by atoms with Crippen LogP contribution in [0.2, 0.25) is 0 Å². The van der Waals surface area contributed by atoms with Crippen molar-refractivity contribution in [3.8, 4) is 11.5 Å². The number of hydrogen-bond acceptors (Lipinski definition) is 5. The van der Waals surface area contributed by atoms with Gasteiger partial charge < -0.3 is 9.47 Å². The SMILES string of the molecule is CC1(C)Cc2cc(OCCN3C(=O)c4ccccc4C3=O)c3c(c2C(c2ccccc2)=N1)CC(C)(C)O3. The fraction of sp³-hybridized carbons (Fsp3) is 0.323. The lowest BCUT2D eigenvalue weighted by Crippen LogP contribution is -2.33. The molecular weight excluding hydrogens is 464 g/mol. The van der Waals surface area contributed by atoms with Crippen LogP contribution in [0, 0.1) is 0 Å². The minimum atomic E-state index is -0.382. The van der Waals surface area contributed by atoms with E-state index < -0.39 is 0 Å². The van der Waals surface area contributed by atoms with Crippen molar-refractivity contribution in [2.75, 3.05) is 13.2 Å². The second-order valence-electron chi connectivity index (χ2n) is 11.2. The predicted octanol–water partition coefficient (Wildman–Crippen LogP) is 5.25. The smallest absolute Gasteiger partial charge is 0.261 e. The predicted molar refractivity (Wildman–Crippen MR) is 142 cm³/mol. The molecule has 188 valence electrons. The van der Waals surface area contributed by atoms with Gasteiger partial charge in [-0.1, -0.05) is 42.5 Å². The Kier molecular flexibility index (Phi) is 5.26. The molecule has 0 saturated heterocycles. The topological polar surface area (TPSA) is 68.2 Å². The molecule has 6 nitrogen and oxygen atoms in total. The van der Waals surface area contributed by atoms with E-state index in [9.17, 15) is 9.59 Å². The Hall–Kier alpha value is -3.93. The summed E-state index contributed by atoms with van der Waals surface area (Å²) in [6.07, 6.45) is 1.52. The number of aliphatic imine (C=N–C) groups is 1. The van der Waals surface area contributed by atoms with E-state index in [0.29, 0.717) is 16.9 Å². The van der Waals surface area contributed by atoms with E-state index in [-0.39, 0.29) is 36.1 Å². The molecule has 0 fully saturated rings. The van der Waals surface area contributed by atoms with E-state index in [4.69, 9.17) is 14.5 Å². The van der Waals surface area contributed by atoms with Crippen molar-refractivity contribution in [2.24, 2.45) is 4.99 Å². The van der Waals surface area contributed by atoms with Crippen LogP contribution in [0.25, 0.3) is 0 Å². The highest BCUT2D eigenvalue weighted by Crippen LogP contribution is 2.48. The molecule has 3 heterocycles. The first-order chi connectivity index (χ1) is 17.6. The normalized spacial score (nSPS) is 18.6. The van der Waals surface area contributed by atoms with E-state index in [1.807, 2.05) is 18.2 Å². The molecule has 0 atom stereocenters. The Morgan fingerprint density at radius 3 is 2.24 bits per heavy atom. The fourth-order valence-electron chi connectivity index (χ4n) is 5.67. The maximum absolute atomic E-state index is 12.8. The molecule has 3 aromatic carbocycles. The molecular formula is C31H30N2O4. The summed E-state index contributed by atoms with van der Waals surface area (Å²) in [5.41, 5.74) is 5.74. The van der Waals surface area contributed by atoms with Gasteiger partial charge in [-0.25, -0.2) is 0 Å². The number of imide groups is 1. The number of fused-ring (bicyclic) bond motifs is 4. The third-order valence-corrected chi connectivity index (χ3v) is 7.18. The van der Waals surface area contributed by atoms with Crippen molar-refractivity contribution in [1.82, 2.24) is 4.90 Å². The first-order valence-corrected chi connectivity index (χ1v) is 12.7. The Balaban J connectivity index is 1.33. The third kappa shape index (κ3) is 4.01. The molecule has 37 heavy (non-hydrogen) atoms. The number of rotatable bonds is 5. The van der Waals surface area contributed by atoms with Crippen molar-refractivity contribution in [3.63, 3.8) is 0 Å². The van der Waals surface area contributed by atoms with Gasteiger partial charge in [-0.3, -0.25) is 19.5 Å². The minimum absolute atomic E-state index is 0.170. The molecule has 0 N–H and O–H groups in total. The van der Waals surface area contributed by atoms with Crippen LogP contribution in [0.15, 0.2) is 65.7 Å². The van der Waals surface area contributed by atoms with Gasteiger partial charge in [0.05, 0.1) is 28.9 Å². The van der Waals surface area contributed by atoms with Crippen molar-refractivity contribution in [3.05, 3.63) is 94.0 Å². The van der Waals surface area contributed by atoms with Crippen molar-refractivity contribution >= 4 is 17.5 Å². The Bertz CT molecular complexity index is 1440. The van der Waals surface area contributed by atoms with E-state index in [2.05, 4.69) is 45.9 Å². The highest BCUT2D eigenvalue weighted by molar-refractivity contribution is 6.21. The van der Waals surface area contributed by atoms with Crippen LogP contribution in [-0.2, 0) is 12.8 Å². The summed E-state index contributed by atoms with van der Waals surface area (Å²) in [7, 11) is 0. The van der Waals surface area contributed by atoms with Gasteiger partial charge >= 0.3 is 0 Å². The summed E-state index contributed by atoms with van der Waals surface area (Å²) in [6.45, 7) is 8.81. The van der Waals surface area contributed by atoms with E-state index >= 15 is 0 Å². The lowest BCUT2D eigenvalue weighted by molar-refractivity contribution is 0.0629. The highest BCUT2D eigenvalue weighted by atomic mass is 16.5. The van der Waals surface area contributed by atoms with Crippen LogP contribution in [0.4, 0.5) is 0 Å². The quantitative estimate of drug-likeness (QED) is 0.455. The standard InChI is InChI=1S/C31H30N2O4/c1-30(2)17-20-16-24(36-15-14-33-28(34)21-12-8-9-13-22(21)29(33)35)27-23(18-31(3,4)37-27)25(20)26(32-30)19-10-6-5-7-11-19/h5-13,16H,14-15,17-18H2,1-4H3. The third-order valence-electron chi connectivity index (χ3n) is 7.18. The van der Waals surface area contributed by atoms with Crippen molar-refractivity contribution in [2.45, 2.75) is 51.7 Å². The maximum atomic E-state index is 12.8. The molecule has 6 rings (SSSR count). The monoisotopic (exact) mass is 494 g/mol. The average Bonchev–Trinajstić information content (AvgIpc) is 3.31. The van der Waals surface area contributed by atoms with Gasteiger partial charge in [0.2, 0.25) is 0 Å². The molecule has 0 aromatic heterocycles. The number of amides is 2. The summed E-state index contributed by atoms with van der Waals surface area (Å²) in [5.74, 6) is 0.834. The zero-order valence-corrected chi connectivity index (χ0v) is 21.6. The van der Waals surface area contributed by atoms with Crippen molar-refractivity contribution in [1.29, 1.82) is 0 Å². The largest absolute Gasteiger partial charge is 0.488 e. The molecule has 3 aromatic rings. The van der Waals surface area contributed by atoms with Gasteiger partial charge in [0, 0.05) is 23.1 Å². The molecule has 0 saturated carbocycles. The van der Waals surface area contributed by atoms with Gasteiger partial charge in [0.15, 0.2) is 11.5 Å². The summed E-state index contributed by atoms with van der Waals surface area (Å²) in [6, 6.07) is 19.3. The molecule has 0 unspecified atom stereocenters. The lowest BCUT2D eigenvalue weighted by atomic mass is 9.81. The van der Waals surface area contributed by atoms with Gasteiger partial charge in [-0.05, 0) is 57.9 Å². The van der Waals surface area contributed by atoms with Crippen LogP contribution >= 0.6 is 0 Å². The van der Waals surface area contributed by atoms with Crippen LogP contribution in [-0.4, -0.2) is 46.7 Å². The lowest BCUT2D eigenvalue weighted by Gasteiger charge is -2.31. The number of hydrogen-bond donors (Lipinski definition) is 0. The van der Waals surface area contributed by atoms with E-state index in [1.165, 1.54) is 10.5 Å². The summed E-state index contributed by atoms with van der Waals surface area (Å²) in [4.78, 5) is 32.0. The van der Waals surface area contributed by atoms with Crippen molar-refractivity contribution < 1.29 is 19.1 Å². The molecule has 0 aliphatic carbocycles. The number of carbonyl (C=O) groups excluding carboxylic acids is 2. The Morgan fingerprint density at radius 1 is 0.919 bits per heavy atom. The fourth-order valence-corrected chi connectivity index (χ4v) is 5.67. The molecule has 2 amide bonds. The average molecular weight is 495 g/mol. The molecule has 3 aliphatic heterocycles. The molecule has 6 heteroatoms. The number of ether oxygens (including phenoxy) is 2. The molecule has 0 bridgehead atoms. The second-order valence-corrected chi connectivity index (χ2v) is 11.2. The summed E-state index contributed by atoms with van der Waals surface area (Å²) >= 11 is 0. The minimum Gasteiger partial charge on any atom is -0.488 e. The summed E-state index contributed by atoms with van der Waals surface area (Å²) < 4.78 is 12.7. The van der Waals surface area contributed by atoms with Gasteiger partial charge in [-0.2, -0.15) is 0 Å². The Labute approximate surface area is 216 Å². The maximum Gasteiger partial charge on any atom is 0.261 e. The van der Waals surface area contributed by atoms with E-state index in [1.54, 1.807) is 24.3 Å². The molecule has 3 aliphatic rings. The van der Waals surface area contributed by atoms with Gasteiger partial charge in [-0.15, -0.1) is 0 Å². The second kappa shape index (κ2) is 8.30. The van der Waals surface area contributed by atoms with Crippen LogP contribution in [0.5, 0.6) is 11.5 Å². The number of carbonyl (C=O) groups is 2. The van der Waals surface area contributed by atoms with Crippen LogP contribution in [0.1, 0.15) is 70.7 Å². The first-order valence-electron chi connectivity index (χ1n) is 12.7. The van der Waals surface area contributed by atoms with Gasteiger partial charge in [0.25, 0.3) is 11.8 Å². The molecule has 0 spiro atoms. The van der Waals surface area contributed by atoms with E-state index in [0.717, 1.165) is 41.0 Å². The van der Waals surface area contributed by atoms with Gasteiger partial charge in [0.1, 0.15) is 12.2 Å². The van der Waals surface area contributed by atoms with Crippen LogP contribution < -0.4 is 9.47 Å². The van der Waals surface area contributed by atoms with Crippen LogP contribution in [0.3, 0.4) is 0 Å². The zero-order valence-electron chi connectivity index (χ0n) is 21.6. The molecule has 0 radical (unpaired) electrons. The number of benzene rings is 3. The highest BCUT2D eigenvalue weighted by Gasteiger charge is 2.40. The zero-order chi connectivity index (χ0) is 25.9.